The van der Waals surface area contributed by atoms with Gasteiger partial charge in [-0.25, -0.2) is 4.98 Å². The van der Waals surface area contributed by atoms with Crippen molar-refractivity contribution in [3.63, 3.8) is 0 Å². The molecule has 1 amide bonds. The van der Waals surface area contributed by atoms with Gasteiger partial charge in [0.2, 0.25) is 11.7 Å². The zero-order chi connectivity index (χ0) is 19.7. The highest BCUT2D eigenvalue weighted by atomic mass is 16.2. The van der Waals surface area contributed by atoms with E-state index in [1.165, 1.54) is 10.6 Å². The second-order valence-electron chi connectivity index (χ2n) is 6.49. The fourth-order valence-electron chi connectivity index (χ4n) is 2.97. The van der Waals surface area contributed by atoms with Crippen LogP contribution in [0.15, 0.2) is 59.5 Å². The second-order valence-corrected chi connectivity index (χ2v) is 6.49. The zero-order valence-corrected chi connectivity index (χ0v) is 15.5. The molecule has 0 aliphatic rings. The SMILES string of the molecule is Cc1cccc(-c2nc3n(CC(=O)Nc4ccccn4)c(C)cc(=O)n3n2)c1. The third kappa shape index (κ3) is 3.39. The van der Waals surface area contributed by atoms with E-state index in [0.717, 1.165) is 11.1 Å². The van der Waals surface area contributed by atoms with E-state index in [-0.39, 0.29) is 18.0 Å². The summed E-state index contributed by atoms with van der Waals surface area (Å²) in [5.74, 6) is 0.944. The van der Waals surface area contributed by atoms with Gasteiger partial charge in [0, 0.05) is 23.5 Å². The molecule has 3 aromatic heterocycles. The predicted octanol–water partition coefficient (Wildman–Crippen LogP) is 2.21. The summed E-state index contributed by atoms with van der Waals surface area (Å²) in [4.78, 5) is 33.5. The molecule has 0 saturated carbocycles. The third-order valence-corrected chi connectivity index (χ3v) is 4.31. The van der Waals surface area contributed by atoms with E-state index in [9.17, 15) is 9.59 Å². The number of aromatic nitrogens is 5. The molecular formula is C20H18N6O2. The Morgan fingerprint density at radius 3 is 2.71 bits per heavy atom. The van der Waals surface area contributed by atoms with Crippen molar-refractivity contribution >= 4 is 17.5 Å². The molecule has 0 spiro atoms. The molecule has 8 nitrogen and oxygen atoms in total. The van der Waals surface area contributed by atoms with Gasteiger partial charge < -0.3 is 9.88 Å². The number of pyridine rings is 1. The monoisotopic (exact) mass is 374 g/mol. The van der Waals surface area contributed by atoms with Crippen molar-refractivity contribution in [3.05, 3.63) is 76.3 Å². The Kier molecular flexibility index (Phi) is 4.44. The molecule has 0 fully saturated rings. The molecule has 0 unspecified atom stereocenters. The lowest BCUT2D eigenvalue weighted by molar-refractivity contribution is -0.116. The summed E-state index contributed by atoms with van der Waals surface area (Å²) in [6.45, 7) is 3.72. The number of hydrogen-bond donors (Lipinski definition) is 1. The highest BCUT2D eigenvalue weighted by molar-refractivity contribution is 5.89. The molecule has 0 atom stereocenters. The Balaban J connectivity index is 1.73. The Labute approximate surface area is 160 Å². The van der Waals surface area contributed by atoms with E-state index in [1.54, 1.807) is 35.9 Å². The van der Waals surface area contributed by atoms with Crippen LogP contribution in [0.2, 0.25) is 0 Å². The summed E-state index contributed by atoms with van der Waals surface area (Å²) in [5, 5.41) is 7.08. The molecule has 0 aliphatic heterocycles. The van der Waals surface area contributed by atoms with Crippen molar-refractivity contribution in [2.24, 2.45) is 0 Å². The van der Waals surface area contributed by atoms with Crippen LogP contribution in [-0.2, 0) is 11.3 Å². The van der Waals surface area contributed by atoms with Crippen molar-refractivity contribution in [2.45, 2.75) is 20.4 Å². The number of hydrogen-bond acceptors (Lipinski definition) is 5. The molecule has 0 saturated heterocycles. The standard InChI is InChI=1S/C20H18N6O2/c1-13-6-5-7-15(10-13)19-23-20-25(14(2)11-18(28)26(20)24-19)12-17(27)22-16-8-3-4-9-21-16/h3-11H,12H2,1-2H3,(H,21,22,27). The topological polar surface area (TPSA) is 94.2 Å². The van der Waals surface area contributed by atoms with Gasteiger partial charge in [-0.15, -0.1) is 5.10 Å². The smallest absolute Gasteiger partial charge is 0.275 e. The summed E-state index contributed by atoms with van der Waals surface area (Å²) < 4.78 is 2.88. The number of carbonyl (C=O) groups is 1. The van der Waals surface area contributed by atoms with Crippen molar-refractivity contribution < 1.29 is 4.79 Å². The fraction of sp³-hybridized carbons (Fsp3) is 0.150. The van der Waals surface area contributed by atoms with Crippen LogP contribution in [0.1, 0.15) is 11.3 Å². The Bertz CT molecular complexity index is 1230. The second kappa shape index (κ2) is 7.07. The zero-order valence-electron chi connectivity index (χ0n) is 15.5. The maximum Gasteiger partial charge on any atom is 0.275 e. The largest absolute Gasteiger partial charge is 0.309 e. The lowest BCUT2D eigenvalue weighted by atomic mass is 10.1. The first-order valence-electron chi connectivity index (χ1n) is 8.76. The summed E-state index contributed by atoms with van der Waals surface area (Å²) in [6, 6.07) is 14.4. The number of fused-ring (bicyclic) bond motifs is 1. The fourth-order valence-corrected chi connectivity index (χ4v) is 2.97. The van der Waals surface area contributed by atoms with E-state index in [4.69, 9.17) is 0 Å². The lowest BCUT2D eigenvalue weighted by Gasteiger charge is -2.11. The number of benzene rings is 1. The van der Waals surface area contributed by atoms with Gasteiger partial charge in [0.15, 0.2) is 5.82 Å². The molecule has 1 N–H and O–H groups in total. The van der Waals surface area contributed by atoms with Crippen LogP contribution in [0.5, 0.6) is 0 Å². The predicted molar refractivity (Wildman–Crippen MR) is 105 cm³/mol. The number of anilines is 1. The van der Waals surface area contributed by atoms with E-state index < -0.39 is 0 Å². The van der Waals surface area contributed by atoms with Gasteiger partial charge in [-0.2, -0.15) is 9.50 Å². The first-order chi connectivity index (χ1) is 13.5. The molecule has 4 aromatic rings. The molecule has 0 bridgehead atoms. The summed E-state index contributed by atoms with van der Waals surface area (Å²) in [7, 11) is 0. The van der Waals surface area contributed by atoms with Crippen LogP contribution >= 0.6 is 0 Å². The summed E-state index contributed by atoms with van der Waals surface area (Å²) in [6.07, 6.45) is 1.60. The number of amides is 1. The van der Waals surface area contributed by atoms with Crippen molar-refractivity contribution in [1.82, 2.24) is 24.1 Å². The van der Waals surface area contributed by atoms with Gasteiger partial charge in [0.05, 0.1) is 0 Å². The molecule has 0 radical (unpaired) electrons. The number of rotatable bonds is 4. The first kappa shape index (κ1) is 17.6. The van der Waals surface area contributed by atoms with Crippen LogP contribution in [0.4, 0.5) is 5.82 Å². The molecule has 8 heteroatoms. The highest BCUT2D eigenvalue weighted by Gasteiger charge is 2.16. The quantitative estimate of drug-likeness (QED) is 0.591. The number of nitrogens with zero attached hydrogens (tertiary/aromatic N) is 5. The summed E-state index contributed by atoms with van der Waals surface area (Å²) >= 11 is 0. The molecule has 140 valence electrons. The van der Waals surface area contributed by atoms with Crippen molar-refractivity contribution in [2.75, 3.05) is 5.32 Å². The lowest BCUT2D eigenvalue weighted by Crippen LogP contribution is -2.25. The van der Waals surface area contributed by atoms with Crippen molar-refractivity contribution in [1.29, 1.82) is 0 Å². The first-order valence-corrected chi connectivity index (χ1v) is 8.76. The van der Waals surface area contributed by atoms with Crippen LogP contribution in [0.3, 0.4) is 0 Å². The normalized spacial score (nSPS) is 10.9. The Morgan fingerprint density at radius 1 is 1.11 bits per heavy atom. The minimum absolute atomic E-state index is 0.0157. The summed E-state index contributed by atoms with van der Waals surface area (Å²) in [5.41, 5.74) is 2.21. The Hall–Kier alpha value is -3.81. The number of nitrogens with one attached hydrogen (secondary N) is 1. The molecule has 0 aliphatic carbocycles. The maximum absolute atomic E-state index is 12.5. The van der Waals surface area contributed by atoms with Gasteiger partial charge in [0.1, 0.15) is 12.4 Å². The van der Waals surface area contributed by atoms with Crippen LogP contribution < -0.4 is 10.9 Å². The molecule has 3 heterocycles. The van der Waals surface area contributed by atoms with Crippen LogP contribution in [-0.4, -0.2) is 30.1 Å². The van der Waals surface area contributed by atoms with E-state index >= 15 is 0 Å². The average Bonchev–Trinajstić information content (AvgIpc) is 3.12. The van der Waals surface area contributed by atoms with Crippen LogP contribution in [0.25, 0.3) is 17.2 Å². The molecular weight excluding hydrogens is 356 g/mol. The van der Waals surface area contributed by atoms with E-state index in [2.05, 4.69) is 20.4 Å². The maximum atomic E-state index is 12.5. The van der Waals surface area contributed by atoms with Gasteiger partial charge >= 0.3 is 0 Å². The van der Waals surface area contributed by atoms with E-state index in [1.807, 2.05) is 31.2 Å². The van der Waals surface area contributed by atoms with Crippen molar-refractivity contribution in [3.8, 4) is 11.4 Å². The third-order valence-electron chi connectivity index (χ3n) is 4.31. The van der Waals surface area contributed by atoms with Gasteiger partial charge in [-0.05, 0) is 32.0 Å². The number of aryl methyl sites for hydroxylation is 2. The van der Waals surface area contributed by atoms with Gasteiger partial charge in [-0.3, -0.25) is 9.59 Å². The molecule has 28 heavy (non-hydrogen) atoms. The van der Waals surface area contributed by atoms with E-state index in [0.29, 0.717) is 23.1 Å². The average molecular weight is 374 g/mol. The number of carbonyl (C=O) groups excluding carboxylic acids is 1. The van der Waals surface area contributed by atoms with Gasteiger partial charge in [0.25, 0.3) is 5.56 Å². The molecule has 1 aromatic carbocycles. The Morgan fingerprint density at radius 2 is 1.96 bits per heavy atom. The molecule has 4 rings (SSSR count). The minimum atomic E-state index is -0.291. The minimum Gasteiger partial charge on any atom is -0.309 e. The van der Waals surface area contributed by atoms with Gasteiger partial charge in [-0.1, -0.05) is 29.8 Å². The highest BCUT2D eigenvalue weighted by Crippen LogP contribution is 2.17. The van der Waals surface area contributed by atoms with Crippen LogP contribution in [0, 0.1) is 13.8 Å².